The molecule has 1 aromatic heterocycles. The van der Waals surface area contributed by atoms with E-state index in [1.807, 2.05) is 0 Å². The van der Waals surface area contributed by atoms with Crippen LogP contribution in [0, 0.1) is 5.41 Å². The van der Waals surface area contributed by atoms with Crippen LogP contribution in [0.4, 0.5) is 0 Å². The van der Waals surface area contributed by atoms with Gasteiger partial charge in [-0.05, 0) is 36.8 Å². The zero-order chi connectivity index (χ0) is 15.0. The second kappa shape index (κ2) is 5.04. The Hall–Kier alpha value is -2.08. The molecular formula is C15H18N2O4. The number of nitrogens with one attached hydrogen (secondary N) is 1. The Morgan fingerprint density at radius 3 is 2.86 bits per heavy atom. The van der Waals surface area contributed by atoms with Crippen LogP contribution >= 0.6 is 0 Å². The molecule has 1 aliphatic carbocycles. The number of hydrogen-bond donors (Lipinski definition) is 2. The lowest BCUT2D eigenvalue weighted by Gasteiger charge is -2.15. The number of methoxy groups -OCH3 is 1. The number of H-pyrrole nitrogens is 1. The van der Waals surface area contributed by atoms with Crippen molar-refractivity contribution < 1.29 is 14.6 Å². The summed E-state index contributed by atoms with van der Waals surface area (Å²) in [6.45, 7) is 1.20. The number of carboxylic acid groups (broad SMARTS) is 1. The van der Waals surface area contributed by atoms with Crippen LogP contribution in [0.25, 0.3) is 11.0 Å². The third kappa shape index (κ3) is 2.47. The number of rotatable bonds is 6. The van der Waals surface area contributed by atoms with Crippen molar-refractivity contribution in [1.29, 1.82) is 0 Å². The van der Waals surface area contributed by atoms with E-state index in [9.17, 15) is 14.7 Å². The van der Waals surface area contributed by atoms with Crippen molar-refractivity contribution >= 4 is 17.0 Å². The molecular weight excluding hydrogens is 272 g/mol. The Morgan fingerprint density at radius 1 is 1.48 bits per heavy atom. The Morgan fingerprint density at radius 2 is 2.24 bits per heavy atom. The van der Waals surface area contributed by atoms with E-state index in [0.29, 0.717) is 24.2 Å². The Bertz CT molecular complexity index is 740. The standard InChI is InChI=1S/C15H18N2O4/c1-21-8-7-15(5-6-15)9-17-12-10(13(18)19)3-2-4-11(12)16-14(17)20/h2-4H,5-9H2,1H3,(H,16,20)(H,18,19). The number of aromatic nitrogens is 2. The first-order chi connectivity index (χ1) is 10.1. The van der Waals surface area contributed by atoms with Gasteiger partial charge in [-0.3, -0.25) is 4.57 Å². The largest absolute Gasteiger partial charge is 0.478 e. The van der Waals surface area contributed by atoms with Crippen LogP contribution in [0.1, 0.15) is 29.6 Å². The van der Waals surface area contributed by atoms with E-state index in [1.165, 1.54) is 6.07 Å². The van der Waals surface area contributed by atoms with Crippen molar-refractivity contribution in [3.8, 4) is 0 Å². The molecule has 3 rings (SSSR count). The van der Waals surface area contributed by atoms with Gasteiger partial charge in [0.05, 0.1) is 16.6 Å². The summed E-state index contributed by atoms with van der Waals surface area (Å²) in [6, 6.07) is 4.90. The van der Waals surface area contributed by atoms with E-state index < -0.39 is 5.97 Å². The minimum absolute atomic E-state index is 0.0700. The Balaban J connectivity index is 2.04. The monoisotopic (exact) mass is 290 g/mol. The highest BCUT2D eigenvalue weighted by Gasteiger charge is 2.43. The van der Waals surface area contributed by atoms with Gasteiger partial charge in [0.25, 0.3) is 0 Å². The lowest BCUT2D eigenvalue weighted by Crippen LogP contribution is -2.24. The fourth-order valence-corrected chi connectivity index (χ4v) is 2.86. The molecule has 1 aliphatic rings. The molecule has 1 saturated carbocycles. The quantitative estimate of drug-likeness (QED) is 0.850. The predicted octanol–water partition coefficient (Wildman–Crippen LogP) is 1.84. The number of fused-ring (bicyclic) bond motifs is 1. The fourth-order valence-electron chi connectivity index (χ4n) is 2.86. The van der Waals surface area contributed by atoms with E-state index in [-0.39, 0.29) is 16.7 Å². The summed E-state index contributed by atoms with van der Waals surface area (Å²) >= 11 is 0. The molecule has 0 radical (unpaired) electrons. The van der Waals surface area contributed by atoms with Gasteiger partial charge in [0.15, 0.2) is 0 Å². The van der Waals surface area contributed by atoms with Crippen molar-refractivity contribution in [2.24, 2.45) is 5.41 Å². The first kappa shape index (κ1) is 13.9. The molecule has 0 atom stereocenters. The van der Waals surface area contributed by atoms with E-state index in [2.05, 4.69) is 4.98 Å². The van der Waals surface area contributed by atoms with E-state index >= 15 is 0 Å². The van der Waals surface area contributed by atoms with Gasteiger partial charge < -0.3 is 14.8 Å². The van der Waals surface area contributed by atoms with Crippen LogP contribution in [-0.2, 0) is 11.3 Å². The summed E-state index contributed by atoms with van der Waals surface area (Å²) in [4.78, 5) is 26.3. The van der Waals surface area contributed by atoms with Crippen molar-refractivity contribution in [3.63, 3.8) is 0 Å². The molecule has 0 saturated heterocycles. The van der Waals surface area contributed by atoms with Crippen LogP contribution in [0.15, 0.2) is 23.0 Å². The van der Waals surface area contributed by atoms with Crippen LogP contribution in [0.2, 0.25) is 0 Å². The second-order valence-electron chi connectivity index (χ2n) is 5.77. The number of aromatic carboxylic acids is 1. The lowest BCUT2D eigenvalue weighted by atomic mass is 10.0. The van der Waals surface area contributed by atoms with Gasteiger partial charge in [0, 0.05) is 20.3 Å². The highest BCUT2D eigenvalue weighted by molar-refractivity contribution is 6.01. The molecule has 21 heavy (non-hydrogen) atoms. The normalized spacial score (nSPS) is 16.2. The number of hydrogen-bond acceptors (Lipinski definition) is 3. The van der Waals surface area contributed by atoms with Crippen LogP contribution in [-0.4, -0.2) is 34.3 Å². The molecule has 2 N–H and O–H groups in total. The van der Waals surface area contributed by atoms with E-state index in [4.69, 9.17) is 4.74 Å². The topological polar surface area (TPSA) is 84.3 Å². The van der Waals surface area contributed by atoms with Crippen molar-refractivity contribution in [2.75, 3.05) is 13.7 Å². The molecule has 6 nitrogen and oxygen atoms in total. The van der Waals surface area contributed by atoms with Gasteiger partial charge in [0.2, 0.25) is 0 Å². The molecule has 1 heterocycles. The molecule has 0 unspecified atom stereocenters. The van der Waals surface area contributed by atoms with Gasteiger partial charge in [-0.2, -0.15) is 0 Å². The highest BCUT2D eigenvalue weighted by Crippen LogP contribution is 2.50. The van der Waals surface area contributed by atoms with Gasteiger partial charge in [-0.15, -0.1) is 0 Å². The van der Waals surface area contributed by atoms with E-state index in [1.54, 1.807) is 23.8 Å². The summed E-state index contributed by atoms with van der Waals surface area (Å²) in [5, 5.41) is 9.32. The zero-order valence-electron chi connectivity index (χ0n) is 11.9. The predicted molar refractivity (Wildman–Crippen MR) is 77.7 cm³/mol. The molecule has 2 aromatic rings. The van der Waals surface area contributed by atoms with Crippen LogP contribution in [0.5, 0.6) is 0 Å². The van der Waals surface area contributed by atoms with Crippen LogP contribution in [0.3, 0.4) is 0 Å². The molecule has 0 aliphatic heterocycles. The fraction of sp³-hybridized carbons (Fsp3) is 0.467. The molecule has 0 spiro atoms. The average Bonchev–Trinajstić information content (AvgIpc) is 3.15. The van der Waals surface area contributed by atoms with E-state index in [0.717, 1.165) is 19.3 Å². The summed E-state index contributed by atoms with van der Waals surface area (Å²) in [7, 11) is 1.66. The Kier molecular flexibility index (Phi) is 3.33. The number of imidazole rings is 1. The van der Waals surface area contributed by atoms with Gasteiger partial charge in [-0.25, -0.2) is 9.59 Å². The summed E-state index contributed by atoms with van der Waals surface area (Å²) in [6.07, 6.45) is 2.98. The number of nitrogens with zero attached hydrogens (tertiary/aromatic N) is 1. The first-order valence-electron chi connectivity index (χ1n) is 7.00. The van der Waals surface area contributed by atoms with Crippen molar-refractivity contribution in [2.45, 2.75) is 25.8 Å². The number of ether oxygens (including phenoxy) is 1. The first-order valence-corrected chi connectivity index (χ1v) is 7.00. The number of carbonyl (C=O) groups is 1. The summed E-state index contributed by atoms with van der Waals surface area (Å²) < 4.78 is 6.70. The minimum Gasteiger partial charge on any atom is -0.478 e. The highest BCUT2D eigenvalue weighted by atomic mass is 16.5. The number of aromatic amines is 1. The van der Waals surface area contributed by atoms with Gasteiger partial charge in [0.1, 0.15) is 0 Å². The third-order valence-electron chi connectivity index (χ3n) is 4.31. The average molecular weight is 290 g/mol. The maximum absolute atomic E-state index is 12.2. The lowest BCUT2D eigenvalue weighted by molar-refractivity contribution is 0.0698. The number of benzene rings is 1. The van der Waals surface area contributed by atoms with Crippen molar-refractivity contribution in [1.82, 2.24) is 9.55 Å². The Labute approximate surface area is 121 Å². The maximum atomic E-state index is 12.2. The number of para-hydroxylation sites is 1. The van der Waals surface area contributed by atoms with Crippen molar-refractivity contribution in [3.05, 3.63) is 34.2 Å². The molecule has 1 fully saturated rings. The SMILES string of the molecule is COCCC1(Cn2c(=O)[nH]c3cccc(C(=O)O)c32)CC1. The summed E-state index contributed by atoms with van der Waals surface area (Å²) in [5.41, 5.74) is 1.04. The molecule has 112 valence electrons. The smallest absolute Gasteiger partial charge is 0.337 e. The van der Waals surface area contributed by atoms with Gasteiger partial charge in [-0.1, -0.05) is 6.07 Å². The molecule has 1 aromatic carbocycles. The number of carboxylic acids is 1. The maximum Gasteiger partial charge on any atom is 0.337 e. The zero-order valence-corrected chi connectivity index (χ0v) is 11.9. The van der Waals surface area contributed by atoms with Gasteiger partial charge >= 0.3 is 11.7 Å². The molecule has 0 amide bonds. The van der Waals surface area contributed by atoms with Crippen LogP contribution < -0.4 is 5.69 Å². The third-order valence-corrected chi connectivity index (χ3v) is 4.31. The summed E-state index contributed by atoms with van der Waals surface area (Å²) in [5.74, 6) is -1.02. The molecule has 0 bridgehead atoms. The minimum atomic E-state index is -1.02. The molecule has 6 heteroatoms. The second-order valence-corrected chi connectivity index (χ2v) is 5.77.